The zero-order valence-corrected chi connectivity index (χ0v) is 15.0. The lowest BCUT2D eigenvalue weighted by Gasteiger charge is -2.15. The third-order valence-electron chi connectivity index (χ3n) is 3.67. The third kappa shape index (κ3) is 5.96. The van der Waals surface area contributed by atoms with Gasteiger partial charge in [-0.05, 0) is 31.0 Å². The Balaban J connectivity index is 1.81. The van der Waals surface area contributed by atoms with Crippen LogP contribution in [0, 0.1) is 11.3 Å². The number of anilines is 1. The fraction of sp³-hybridized carbons (Fsp3) is 0.353. The van der Waals surface area contributed by atoms with E-state index < -0.39 is 5.91 Å². The smallest absolute Gasteiger partial charge is 0.263 e. The first-order valence-corrected chi connectivity index (χ1v) is 8.64. The van der Waals surface area contributed by atoms with Crippen molar-refractivity contribution in [1.82, 2.24) is 10.2 Å². The molecule has 2 amide bonds. The van der Waals surface area contributed by atoms with Crippen LogP contribution in [0.15, 0.2) is 30.0 Å². The predicted molar refractivity (Wildman–Crippen MR) is 97.2 cm³/mol. The van der Waals surface area contributed by atoms with E-state index in [9.17, 15) is 9.59 Å². The first kappa shape index (κ1) is 19.1. The van der Waals surface area contributed by atoms with Gasteiger partial charge < -0.3 is 15.5 Å². The fourth-order valence-corrected chi connectivity index (χ4v) is 2.97. The van der Waals surface area contributed by atoms with E-state index in [4.69, 9.17) is 28.5 Å². The zero-order chi connectivity index (χ0) is 18.2. The molecule has 6 nitrogen and oxygen atoms in total. The summed E-state index contributed by atoms with van der Waals surface area (Å²) in [4.78, 5) is 25.3. The Hall–Kier alpha value is -2.23. The Morgan fingerprint density at radius 3 is 2.64 bits per heavy atom. The summed E-state index contributed by atoms with van der Waals surface area (Å²) in [5.74, 6) is -0.316. The molecule has 0 bridgehead atoms. The molecule has 0 saturated carbocycles. The summed E-state index contributed by atoms with van der Waals surface area (Å²) in [5.41, 5.74) is 0.513. The second-order valence-electron chi connectivity index (χ2n) is 5.57. The summed E-state index contributed by atoms with van der Waals surface area (Å²) in [5, 5.41) is 15.5. The van der Waals surface area contributed by atoms with Crippen LogP contribution in [0.5, 0.6) is 0 Å². The van der Waals surface area contributed by atoms with Crippen LogP contribution in [-0.2, 0) is 9.59 Å². The average molecular weight is 381 g/mol. The van der Waals surface area contributed by atoms with Crippen molar-refractivity contribution in [1.29, 1.82) is 5.26 Å². The molecule has 0 spiro atoms. The van der Waals surface area contributed by atoms with Crippen LogP contribution in [0.1, 0.15) is 19.3 Å². The molecule has 1 aliphatic rings. The number of nitrogens with one attached hydrogen (secondary N) is 2. The minimum Gasteiger partial charge on any atom is -0.360 e. The first-order valence-electron chi connectivity index (χ1n) is 7.88. The molecule has 2 rings (SSSR count). The number of halogens is 2. The zero-order valence-electron chi connectivity index (χ0n) is 13.5. The molecule has 0 atom stereocenters. The minimum absolute atomic E-state index is 0.0617. The van der Waals surface area contributed by atoms with E-state index in [1.165, 1.54) is 6.20 Å². The van der Waals surface area contributed by atoms with Crippen molar-refractivity contribution in [2.75, 3.05) is 25.0 Å². The molecule has 0 aromatic heterocycles. The van der Waals surface area contributed by atoms with Crippen molar-refractivity contribution in [3.05, 3.63) is 40.0 Å². The van der Waals surface area contributed by atoms with Crippen LogP contribution < -0.4 is 10.6 Å². The first-order chi connectivity index (χ1) is 12.0. The molecule has 1 aliphatic heterocycles. The third-order valence-corrected chi connectivity index (χ3v) is 4.11. The summed E-state index contributed by atoms with van der Waals surface area (Å²) >= 11 is 11.8. The Bertz CT molecular complexity index is 708. The molecule has 25 heavy (non-hydrogen) atoms. The molecular formula is C17H18Cl2N4O2. The summed E-state index contributed by atoms with van der Waals surface area (Å²) < 4.78 is 0. The van der Waals surface area contributed by atoms with Gasteiger partial charge in [0.25, 0.3) is 5.91 Å². The lowest BCUT2D eigenvalue weighted by atomic mass is 10.2. The second kappa shape index (κ2) is 9.30. The standard InChI is InChI=1S/C17H18Cl2N4O2/c18-13-7-14(19)9-15(8-13)22-11-12(10-20)17(25)21-4-2-6-23-5-1-3-16(23)24/h7-9,11,22H,1-6H2,(H,21,25)/b12-11-. The maximum Gasteiger partial charge on any atom is 0.263 e. The number of nitrogens with zero attached hydrogens (tertiary/aromatic N) is 2. The molecule has 0 unspecified atom stereocenters. The molecule has 1 aromatic rings. The number of rotatable bonds is 7. The highest BCUT2D eigenvalue weighted by molar-refractivity contribution is 6.35. The molecule has 0 aliphatic carbocycles. The number of nitriles is 1. The number of carbonyl (C=O) groups excluding carboxylic acids is 2. The summed E-state index contributed by atoms with van der Waals surface area (Å²) in [7, 11) is 0. The minimum atomic E-state index is -0.476. The Labute approximate surface area is 156 Å². The Kier molecular flexibility index (Phi) is 7.11. The molecule has 1 aromatic carbocycles. The normalized spacial score (nSPS) is 14.4. The largest absolute Gasteiger partial charge is 0.360 e. The molecule has 2 N–H and O–H groups in total. The van der Waals surface area contributed by atoms with Crippen molar-refractivity contribution in [2.24, 2.45) is 0 Å². The van der Waals surface area contributed by atoms with E-state index in [0.29, 0.717) is 41.7 Å². The number of likely N-dealkylation sites (tertiary alicyclic amines) is 1. The number of carbonyl (C=O) groups is 2. The van der Waals surface area contributed by atoms with Crippen LogP contribution in [0.4, 0.5) is 5.69 Å². The van der Waals surface area contributed by atoms with Crippen molar-refractivity contribution in [2.45, 2.75) is 19.3 Å². The van der Waals surface area contributed by atoms with Crippen LogP contribution in [0.2, 0.25) is 10.0 Å². The van der Waals surface area contributed by atoms with E-state index in [1.807, 2.05) is 6.07 Å². The number of benzene rings is 1. The van der Waals surface area contributed by atoms with Crippen LogP contribution in [0.25, 0.3) is 0 Å². The Morgan fingerprint density at radius 1 is 1.32 bits per heavy atom. The van der Waals surface area contributed by atoms with E-state index in [-0.39, 0.29) is 11.5 Å². The molecular weight excluding hydrogens is 363 g/mol. The van der Waals surface area contributed by atoms with Gasteiger partial charge in [-0.15, -0.1) is 0 Å². The maximum atomic E-state index is 12.0. The SMILES string of the molecule is N#C/C(=C/Nc1cc(Cl)cc(Cl)c1)C(=O)NCCCN1CCCC1=O. The second-order valence-corrected chi connectivity index (χ2v) is 6.44. The monoisotopic (exact) mass is 380 g/mol. The Morgan fingerprint density at radius 2 is 2.04 bits per heavy atom. The lowest BCUT2D eigenvalue weighted by molar-refractivity contribution is -0.127. The van der Waals surface area contributed by atoms with Gasteiger partial charge in [0.1, 0.15) is 11.6 Å². The van der Waals surface area contributed by atoms with Gasteiger partial charge >= 0.3 is 0 Å². The number of hydrogen-bond donors (Lipinski definition) is 2. The number of hydrogen-bond acceptors (Lipinski definition) is 4. The van der Waals surface area contributed by atoms with Crippen LogP contribution in [0.3, 0.4) is 0 Å². The van der Waals surface area contributed by atoms with Gasteiger partial charge in [-0.1, -0.05) is 23.2 Å². The highest BCUT2D eigenvalue weighted by atomic mass is 35.5. The van der Waals surface area contributed by atoms with Crippen molar-refractivity contribution < 1.29 is 9.59 Å². The molecule has 8 heteroatoms. The summed E-state index contributed by atoms with van der Waals surface area (Å²) in [6.07, 6.45) is 3.45. The summed E-state index contributed by atoms with van der Waals surface area (Å²) in [6.45, 7) is 1.79. The van der Waals surface area contributed by atoms with Crippen LogP contribution in [-0.4, -0.2) is 36.3 Å². The topological polar surface area (TPSA) is 85.2 Å². The highest BCUT2D eigenvalue weighted by Crippen LogP contribution is 2.22. The molecule has 0 radical (unpaired) electrons. The fourth-order valence-electron chi connectivity index (χ4n) is 2.45. The van der Waals surface area contributed by atoms with E-state index in [1.54, 1.807) is 23.1 Å². The van der Waals surface area contributed by atoms with Gasteiger partial charge in [-0.3, -0.25) is 9.59 Å². The number of amides is 2. The van der Waals surface area contributed by atoms with Gasteiger partial charge in [0.15, 0.2) is 0 Å². The van der Waals surface area contributed by atoms with Gasteiger partial charge in [-0.2, -0.15) is 5.26 Å². The van der Waals surface area contributed by atoms with Gasteiger partial charge in [0, 0.05) is 48.0 Å². The van der Waals surface area contributed by atoms with Gasteiger partial charge in [0.2, 0.25) is 5.91 Å². The van der Waals surface area contributed by atoms with Crippen molar-refractivity contribution in [3.63, 3.8) is 0 Å². The van der Waals surface area contributed by atoms with E-state index >= 15 is 0 Å². The molecule has 1 fully saturated rings. The quantitative estimate of drug-likeness (QED) is 0.432. The molecule has 132 valence electrons. The van der Waals surface area contributed by atoms with Gasteiger partial charge in [-0.25, -0.2) is 0 Å². The van der Waals surface area contributed by atoms with E-state index in [2.05, 4.69) is 10.6 Å². The maximum absolute atomic E-state index is 12.0. The van der Waals surface area contributed by atoms with Crippen molar-refractivity contribution in [3.8, 4) is 6.07 Å². The average Bonchev–Trinajstić information content (AvgIpc) is 2.96. The predicted octanol–water partition coefficient (Wildman–Crippen LogP) is 2.94. The summed E-state index contributed by atoms with van der Waals surface area (Å²) in [6, 6.07) is 6.69. The molecule has 1 heterocycles. The molecule has 1 saturated heterocycles. The van der Waals surface area contributed by atoms with Gasteiger partial charge in [0.05, 0.1) is 0 Å². The van der Waals surface area contributed by atoms with Crippen LogP contribution >= 0.6 is 23.2 Å². The van der Waals surface area contributed by atoms with E-state index in [0.717, 1.165) is 13.0 Å². The highest BCUT2D eigenvalue weighted by Gasteiger charge is 2.19. The lowest BCUT2D eigenvalue weighted by Crippen LogP contribution is -2.31. The van der Waals surface area contributed by atoms with Crippen molar-refractivity contribution >= 4 is 40.7 Å².